The molecule has 1 saturated carbocycles. The summed E-state index contributed by atoms with van der Waals surface area (Å²) in [6.07, 6.45) is 12.2. The van der Waals surface area contributed by atoms with E-state index in [0.717, 1.165) is 24.5 Å². The number of nitrogens with zero attached hydrogens (tertiary/aromatic N) is 2. The van der Waals surface area contributed by atoms with E-state index in [1.807, 2.05) is 7.05 Å². The summed E-state index contributed by atoms with van der Waals surface area (Å²) in [7, 11) is 1.89. The quantitative estimate of drug-likeness (QED) is 0.582. The van der Waals surface area contributed by atoms with Gasteiger partial charge in [0.1, 0.15) is 0 Å². The number of likely N-dealkylation sites (tertiary alicyclic amines) is 1. The number of nitrogens with one attached hydrogen (secondary N) is 2. The van der Waals surface area contributed by atoms with E-state index >= 15 is 0 Å². The first-order valence-electron chi connectivity index (χ1n) is 9.98. The second-order valence-electron chi connectivity index (χ2n) is 7.38. The van der Waals surface area contributed by atoms with Gasteiger partial charge in [-0.2, -0.15) is 0 Å². The lowest BCUT2D eigenvalue weighted by Crippen LogP contribution is -2.51. The summed E-state index contributed by atoms with van der Waals surface area (Å²) in [6.45, 7) is 8.09. The molecule has 23 heavy (non-hydrogen) atoms. The molecule has 2 N–H and O–H groups in total. The van der Waals surface area contributed by atoms with E-state index in [-0.39, 0.29) is 0 Å². The van der Waals surface area contributed by atoms with Gasteiger partial charge >= 0.3 is 0 Å². The fraction of sp³-hybridized carbons (Fsp3) is 0.947. The molecule has 1 heterocycles. The largest absolute Gasteiger partial charge is 0.356 e. The standard InChI is InChI=1S/C19H38N4/c1-4-16(5-2)15-21-19(20-3)22-17-11-13-23(14-12-17)18-9-7-6-8-10-18/h16-18H,4-15H2,1-3H3,(H2,20,21,22). The van der Waals surface area contributed by atoms with Gasteiger partial charge in [0.2, 0.25) is 0 Å². The van der Waals surface area contributed by atoms with Crippen LogP contribution in [0.25, 0.3) is 0 Å². The second-order valence-corrected chi connectivity index (χ2v) is 7.38. The lowest BCUT2D eigenvalue weighted by atomic mass is 9.92. The Kier molecular flexibility index (Phi) is 8.21. The summed E-state index contributed by atoms with van der Waals surface area (Å²) in [6, 6.07) is 1.46. The van der Waals surface area contributed by atoms with Crippen LogP contribution in [-0.2, 0) is 0 Å². The minimum Gasteiger partial charge on any atom is -0.356 e. The van der Waals surface area contributed by atoms with Crippen LogP contribution < -0.4 is 10.6 Å². The SMILES string of the molecule is CCC(CC)CNC(=NC)NC1CCN(C2CCCCC2)CC1. The third-order valence-corrected chi connectivity index (χ3v) is 5.90. The molecule has 4 heteroatoms. The molecule has 0 aromatic carbocycles. The monoisotopic (exact) mass is 322 g/mol. The Hall–Kier alpha value is -0.770. The number of piperidine rings is 1. The molecule has 0 spiro atoms. The average molecular weight is 323 g/mol. The van der Waals surface area contributed by atoms with E-state index in [9.17, 15) is 0 Å². The molecule has 1 aliphatic carbocycles. The van der Waals surface area contributed by atoms with E-state index in [2.05, 4.69) is 34.4 Å². The Bertz CT molecular complexity index is 337. The van der Waals surface area contributed by atoms with E-state index in [4.69, 9.17) is 0 Å². The van der Waals surface area contributed by atoms with Gasteiger partial charge in [-0.25, -0.2) is 0 Å². The molecule has 0 radical (unpaired) electrons. The van der Waals surface area contributed by atoms with Crippen molar-refractivity contribution in [2.24, 2.45) is 10.9 Å². The first-order valence-corrected chi connectivity index (χ1v) is 9.98. The molecule has 0 aromatic rings. The summed E-state index contributed by atoms with van der Waals surface area (Å²) in [5.41, 5.74) is 0. The molecule has 0 bridgehead atoms. The van der Waals surface area contributed by atoms with Crippen LogP contribution in [0.4, 0.5) is 0 Å². The van der Waals surface area contributed by atoms with Crippen molar-refractivity contribution in [3.63, 3.8) is 0 Å². The average Bonchev–Trinajstić information content (AvgIpc) is 2.62. The number of hydrogen-bond donors (Lipinski definition) is 2. The number of rotatable bonds is 6. The number of hydrogen-bond acceptors (Lipinski definition) is 2. The van der Waals surface area contributed by atoms with Crippen molar-refractivity contribution in [1.82, 2.24) is 15.5 Å². The van der Waals surface area contributed by atoms with Crippen LogP contribution in [0.15, 0.2) is 4.99 Å². The van der Waals surface area contributed by atoms with Crippen LogP contribution >= 0.6 is 0 Å². The van der Waals surface area contributed by atoms with Crippen LogP contribution in [0.5, 0.6) is 0 Å². The predicted octanol–water partition coefficient (Wildman–Crippen LogP) is 3.38. The summed E-state index contributed by atoms with van der Waals surface area (Å²) < 4.78 is 0. The zero-order valence-corrected chi connectivity index (χ0v) is 15.6. The van der Waals surface area contributed by atoms with Crippen molar-refractivity contribution in [2.45, 2.75) is 83.7 Å². The van der Waals surface area contributed by atoms with Crippen LogP contribution in [0, 0.1) is 5.92 Å². The van der Waals surface area contributed by atoms with Gasteiger partial charge in [0.25, 0.3) is 0 Å². The van der Waals surface area contributed by atoms with Gasteiger partial charge in [-0.05, 0) is 31.6 Å². The summed E-state index contributed by atoms with van der Waals surface area (Å²) in [5.74, 6) is 1.75. The highest BCUT2D eigenvalue weighted by molar-refractivity contribution is 5.79. The Morgan fingerprint density at radius 3 is 2.26 bits per heavy atom. The molecule has 2 fully saturated rings. The van der Waals surface area contributed by atoms with E-state index in [1.165, 1.54) is 70.9 Å². The maximum atomic E-state index is 4.41. The smallest absolute Gasteiger partial charge is 0.191 e. The molecule has 134 valence electrons. The van der Waals surface area contributed by atoms with E-state index in [0.29, 0.717) is 6.04 Å². The van der Waals surface area contributed by atoms with Crippen LogP contribution in [0.1, 0.15) is 71.6 Å². The highest BCUT2D eigenvalue weighted by Crippen LogP contribution is 2.25. The van der Waals surface area contributed by atoms with Gasteiger partial charge in [-0.3, -0.25) is 4.99 Å². The second kappa shape index (κ2) is 10.2. The molecular weight excluding hydrogens is 284 g/mol. The van der Waals surface area contributed by atoms with Crippen LogP contribution in [-0.4, -0.2) is 49.6 Å². The van der Waals surface area contributed by atoms with E-state index in [1.54, 1.807) is 0 Å². The molecule has 1 saturated heterocycles. The predicted molar refractivity (Wildman–Crippen MR) is 100 cm³/mol. The summed E-state index contributed by atoms with van der Waals surface area (Å²) >= 11 is 0. The lowest BCUT2D eigenvalue weighted by Gasteiger charge is -2.39. The lowest BCUT2D eigenvalue weighted by molar-refractivity contribution is 0.119. The number of aliphatic imine (C=N–C) groups is 1. The van der Waals surface area contributed by atoms with Crippen LogP contribution in [0.3, 0.4) is 0 Å². The summed E-state index contributed by atoms with van der Waals surface area (Å²) in [5, 5.41) is 7.16. The van der Waals surface area contributed by atoms with Crippen LogP contribution in [0.2, 0.25) is 0 Å². The fourth-order valence-corrected chi connectivity index (χ4v) is 4.06. The fourth-order valence-electron chi connectivity index (χ4n) is 4.06. The highest BCUT2D eigenvalue weighted by Gasteiger charge is 2.26. The Morgan fingerprint density at radius 2 is 1.70 bits per heavy atom. The first kappa shape index (κ1) is 18.6. The topological polar surface area (TPSA) is 39.7 Å². The van der Waals surface area contributed by atoms with Gasteiger partial charge in [0.15, 0.2) is 5.96 Å². The highest BCUT2D eigenvalue weighted by atomic mass is 15.2. The van der Waals surface area contributed by atoms with Gasteiger partial charge in [0.05, 0.1) is 0 Å². The van der Waals surface area contributed by atoms with Crippen molar-refractivity contribution in [2.75, 3.05) is 26.7 Å². The summed E-state index contributed by atoms with van der Waals surface area (Å²) in [4.78, 5) is 7.16. The van der Waals surface area contributed by atoms with Crippen molar-refractivity contribution >= 4 is 5.96 Å². The van der Waals surface area contributed by atoms with Gasteiger partial charge in [-0.15, -0.1) is 0 Å². The zero-order valence-electron chi connectivity index (χ0n) is 15.6. The maximum absolute atomic E-state index is 4.41. The third kappa shape index (κ3) is 5.98. The van der Waals surface area contributed by atoms with Crippen molar-refractivity contribution in [3.05, 3.63) is 0 Å². The van der Waals surface area contributed by atoms with Crippen molar-refractivity contribution in [3.8, 4) is 0 Å². The molecule has 0 amide bonds. The minimum absolute atomic E-state index is 0.586. The zero-order chi connectivity index (χ0) is 16.5. The Labute approximate surface area is 143 Å². The van der Waals surface area contributed by atoms with Gasteiger partial charge in [0, 0.05) is 38.8 Å². The molecule has 4 nitrogen and oxygen atoms in total. The Morgan fingerprint density at radius 1 is 1.04 bits per heavy atom. The molecule has 2 rings (SSSR count). The number of guanidine groups is 1. The van der Waals surface area contributed by atoms with E-state index < -0.39 is 0 Å². The van der Waals surface area contributed by atoms with Crippen molar-refractivity contribution in [1.29, 1.82) is 0 Å². The first-order chi connectivity index (χ1) is 11.3. The minimum atomic E-state index is 0.586. The molecule has 0 unspecified atom stereocenters. The maximum Gasteiger partial charge on any atom is 0.191 e. The molecule has 0 aromatic heterocycles. The molecular formula is C19H38N4. The normalized spacial score (nSPS) is 22.5. The van der Waals surface area contributed by atoms with Gasteiger partial charge in [-0.1, -0.05) is 46.0 Å². The molecule has 1 aliphatic heterocycles. The Balaban J connectivity index is 1.69. The third-order valence-electron chi connectivity index (χ3n) is 5.90. The van der Waals surface area contributed by atoms with Crippen molar-refractivity contribution < 1.29 is 0 Å². The molecule has 2 aliphatic rings. The van der Waals surface area contributed by atoms with Gasteiger partial charge < -0.3 is 15.5 Å². The molecule has 0 atom stereocenters.